The summed E-state index contributed by atoms with van der Waals surface area (Å²) in [6.45, 7) is 10.8. The average Bonchev–Trinajstić information content (AvgIpc) is 3.18. The molecule has 0 atom stereocenters. The van der Waals surface area contributed by atoms with Crippen molar-refractivity contribution < 1.29 is 0 Å². The van der Waals surface area contributed by atoms with E-state index in [1.165, 1.54) is 5.56 Å². The fraction of sp³-hybridized carbons (Fsp3) is 0.304. The molecule has 0 aliphatic heterocycles. The second-order valence-electron chi connectivity index (χ2n) is 6.80. The van der Waals surface area contributed by atoms with Crippen LogP contribution in [0.3, 0.4) is 0 Å². The van der Waals surface area contributed by atoms with Gasteiger partial charge in [0.1, 0.15) is 11.3 Å². The number of aromatic nitrogens is 5. The van der Waals surface area contributed by atoms with Crippen molar-refractivity contribution in [3.63, 3.8) is 0 Å². The number of nitrogens with one attached hydrogen (secondary N) is 1. The molecule has 0 radical (unpaired) electrons. The summed E-state index contributed by atoms with van der Waals surface area (Å²) in [5.41, 5.74) is 4.92. The van der Waals surface area contributed by atoms with Gasteiger partial charge in [-0.3, -0.25) is 4.98 Å². The highest BCUT2D eigenvalue weighted by molar-refractivity contribution is 5.83. The Morgan fingerprint density at radius 2 is 1.72 bits per heavy atom. The van der Waals surface area contributed by atoms with Crippen molar-refractivity contribution in [1.82, 2.24) is 24.5 Å². The number of rotatable bonds is 5. The van der Waals surface area contributed by atoms with E-state index in [0.29, 0.717) is 12.6 Å². The molecule has 0 aliphatic carbocycles. The molecule has 6 heteroatoms. The van der Waals surface area contributed by atoms with Crippen molar-refractivity contribution in [3.05, 3.63) is 66.4 Å². The molecular weight excluding hydrogens is 360 g/mol. The van der Waals surface area contributed by atoms with Crippen molar-refractivity contribution in [2.75, 3.05) is 5.32 Å². The number of aryl methyl sites for hydroxylation is 1. The summed E-state index contributed by atoms with van der Waals surface area (Å²) in [7, 11) is 0. The van der Waals surface area contributed by atoms with Crippen LogP contribution in [0.4, 0.5) is 5.82 Å². The minimum absolute atomic E-state index is 0.302. The van der Waals surface area contributed by atoms with Gasteiger partial charge in [-0.1, -0.05) is 44.2 Å². The summed E-state index contributed by atoms with van der Waals surface area (Å²) in [6, 6.07) is 14.6. The van der Waals surface area contributed by atoms with Gasteiger partial charge < -0.3 is 9.88 Å². The molecule has 3 heterocycles. The normalized spacial score (nSPS) is 10.7. The Hall–Kier alpha value is -3.28. The van der Waals surface area contributed by atoms with Gasteiger partial charge in [0.15, 0.2) is 11.5 Å². The van der Waals surface area contributed by atoms with Crippen molar-refractivity contribution in [3.8, 4) is 11.3 Å². The van der Waals surface area contributed by atoms with Gasteiger partial charge in [0, 0.05) is 24.3 Å². The molecule has 0 saturated heterocycles. The second kappa shape index (κ2) is 9.28. The SMILES string of the molecule is CC.Cc1nc(NCc2ccc(-c3ccccn3)cc2)c2ncn(C(C)C)c2n1. The van der Waals surface area contributed by atoms with Crippen LogP contribution < -0.4 is 5.32 Å². The predicted molar refractivity (Wildman–Crippen MR) is 119 cm³/mol. The lowest BCUT2D eigenvalue weighted by Crippen LogP contribution is -2.06. The Morgan fingerprint density at radius 1 is 0.966 bits per heavy atom. The quantitative estimate of drug-likeness (QED) is 0.495. The Bertz CT molecular complexity index is 1050. The number of nitrogens with zero attached hydrogens (tertiary/aromatic N) is 5. The Balaban J connectivity index is 0.00000117. The van der Waals surface area contributed by atoms with E-state index in [-0.39, 0.29) is 0 Å². The summed E-state index contributed by atoms with van der Waals surface area (Å²) in [6.07, 6.45) is 3.64. The number of pyridine rings is 1. The maximum absolute atomic E-state index is 4.56. The molecule has 29 heavy (non-hydrogen) atoms. The first-order valence-electron chi connectivity index (χ1n) is 10.1. The zero-order chi connectivity index (χ0) is 20.8. The van der Waals surface area contributed by atoms with Gasteiger partial charge in [-0.25, -0.2) is 15.0 Å². The van der Waals surface area contributed by atoms with Crippen LogP contribution in [-0.4, -0.2) is 24.5 Å². The van der Waals surface area contributed by atoms with E-state index in [2.05, 4.69) is 67.9 Å². The fourth-order valence-electron chi connectivity index (χ4n) is 3.04. The minimum Gasteiger partial charge on any atom is -0.364 e. The molecule has 0 amide bonds. The molecule has 0 spiro atoms. The van der Waals surface area contributed by atoms with E-state index in [0.717, 1.165) is 34.1 Å². The largest absolute Gasteiger partial charge is 0.364 e. The zero-order valence-corrected chi connectivity index (χ0v) is 17.7. The van der Waals surface area contributed by atoms with E-state index >= 15 is 0 Å². The second-order valence-corrected chi connectivity index (χ2v) is 6.80. The van der Waals surface area contributed by atoms with Crippen LogP contribution >= 0.6 is 0 Å². The van der Waals surface area contributed by atoms with Gasteiger partial charge >= 0.3 is 0 Å². The van der Waals surface area contributed by atoms with E-state index < -0.39 is 0 Å². The fourth-order valence-corrected chi connectivity index (χ4v) is 3.04. The molecule has 0 fully saturated rings. The number of hydrogen-bond donors (Lipinski definition) is 1. The third-order valence-corrected chi connectivity index (χ3v) is 4.46. The number of imidazole rings is 1. The molecule has 4 rings (SSSR count). The van der Waals surface area contributed by atoms with Gasteiger partial charge in [0.25, 0.3) is 0 Å². The van der Waals surface area contributed by atoms with Crippen LogP contribution in [0.5, 0.6) is 0 Å². The molecule has 3 aromatic heterocycles. The first-order valence-corrected chi connectivity index (χ1v) is 10.1. The summed E-state index contributed by atoms with van der Waals surface area (Å²) >= 11 is 0. The lowest BCUT2D eigenvalue weighted by atomic mass is 10.1. The molecular formula is C23H28N6. The summed E-state index contributed by atoms with van der Waals surface area (Å²) < 4.78 is 2.07. The van der Waals surface area contributed by atoms with Crippen molar-refractivity contribution >= 4 is 17.0 Å². The number of anilines is 1. The lowest BCUT2D eigenvalue weighted by Gasteiger charge is -2.10. The Kier molecular flexibility index (Phi) is 6.54. The Labute approximate surface area is 172 Å². The lowest BCUT2D eigenvalue weighted by molar-refractivity contribution is 0.612. The third-order valence-electron chi connectivity index (χ3n) is 4.46. The van der Waals surface area contributed by atoms with Crippen LogP contribution in [-0.2, 0) is 6.54 Å². The van der Waals surface area contributed by atoms with E-state index in [4.69, 9.17) is 0 Å². The highest BCUT2D eigenvalue weighted by Gasteiger charge is 2.13. The van der Waals surface area contributed by atoms with Crippen LogP contribution in [0.25, 0.3) is 22.4 Å². The number of hydrogen-bond acceptors (Lipinski definition) is 5. The standard InChI is InChI=1S/C21H22N6.C2H6/c1-14(2)27-13-24-19-20(25-15(3)26-21(19)27)23-12-16-7-9-17(10-8-16)18-6-4-5-11-22-18;1-2/h4-11,13-14H,12H2,1-3H3,(H,23,25,26);1-2H3. The van der Waals surface area contributed by atoms with Crippen LogP contribution in [0.2, 0.25) is 0 Å². The highest BCUT2D eigenvalue weighted by Crippen LogP contribution is 2.23. The Morgan fingerprint density at radius 3 is 2.38 bits per heavy atom. The molecule has 1 N–H and O–H groups in total. The van der Waals surface area contributed by atoms with E-state index in [1.54, 1.807) is 0 Å². The predicted octanol–water partition coefficient (Wildman–Crippen LogP) is 5.42. The van der Waals surface area contributed by atoms with Gasteiger partial charge in [-0.2, -0.15) is 0 Å². The third kappa shape index (κ3) is 4.59. The molecule has 0 unspecified atom stereocenters. The van der Waals surface area contributed by atoms with Gasteiger partial charge in [-0.05, 0) is 38.5 Å². The van der Waals surface area contributed by atoms with Crippen LogP contribution in [0.15, 0.2) is 55.0 Å². The highest BCUT2D eigenvalue weighted by atomic mass is 15.2. The number of fused-ring (bicyclic) bond motifs is 1. The maximum atomic E-state index is 4.56. The van der Waals surface area contributed by atoms with Crippen LogP contribution in [0.1, 0.15) is 45.1 Å². The maximum Gasteiger partial charge on any atom is 0.165 e. The van der Waals surface area contributed by atoms with Gasteiger partial charge in [0.05, 0.1) is 12.0 Å². The topological polar surface area (TPSA) is 68.5 Å². The minimum atomic E-state index is 0.302. The van der Waals surface area contributed by atoms with Crippen LogP contribution in [0, 0.1) is 6.92 Å². The molecule has 0 aliphatic rings. The first-order chi connectivity index (χ1) is 14.1. The number of benzene rings is 1. The van der Waals surface area contributed by atoms with Crippen molar-refractivity contribution in [1.29, 1.82) is 0 Å². The monoisotopic (exact) mass is 388 g/mol. The van der Waals surface area contributed by atoms with Gasteiger partial charge in [-0.15, -0.1) is 0 Å². The van der Waals surface area contributed by atoms with Crippen molar-refractivity contribution in [2.45, 2.75) is 47.2 Å². The first kappa shape index (κ1) is 20.5. The summed E-state index contributed by atoms with van der Waals surface area (Å²) in [4.78, 5) is 18.0. The average molecular weight is 389 g/mol. The molecule has 0 bridgehead atoms. The van der Waals surface area contributed by atoms with Crippen molar-refractivity contribution in [2.24, 2.45) is 0 Å². The molecule has 1 aromatic carbocycles. The summed E-state index contributed by atoms with van der Waals surface area (Å²) in [5.74, 6) is 1.50. The molecule has 150 valence electrons. The van der Waals surface area contributed by atoms with E-state index in [9.17, 15) is 0 Å². The summed E-state index contributed by atoms with van der Waals surface area (Å²) in [5, 5.41) is 3.41. The molecule has 4 aromatic rings. The smallest absolute Gasteiger partial charge is 0.165 e. The zero-order valence-electron chi connectivity index (χ0n) is 17.7. The molecule has 6 nitrogen and oxygen atoms in total. The van der Waals surface area contributed by atoms with E-state index in [1.807, 2.05) is 51.5 Å². The van der Waals surface area contributed by atoms with Gasteiger partial charge in [0.2, 0.25) is 0 Å². The molecule has 0 saturated carbocycles.